The van der Waals surface area contributed by atoms with Crippen molar-refractivity contribution < 1.29 is 31.1 Å². The molecule has 1 aromatic carbocycles. The van der Waals surface area contributed by atoms with Crippen molar-refractivity contribution in [2.45, 2.75) is 19.3 Å². The van der Waals surface area contributed by atoms with Crippen molar-refractivity contribution in [2.24, 2.45) is 0 Å². The van der Waals surface area contributed by atoms with E-state index in [1.165, 1.54) is 31.3 Å². The molecule has 1 amide bonds. The zero-order valence-electron chi connectivity index (χ0n) is 14.6. The SMILES string of the molecule is Cc1ccc(C(F)(F)F)nc1-n1ccc(NC(=O)c2ccccc2C(F)(F)F)n1. The molecule has 0 saturated carbocycles. The molecule has 11 heteroatoms. The van der Waals surface area contributed by atoms with Gasteiger partial charge in [-0.2, -0.15) is 26.3 Å². The average Bonchev–Trinajstić information content (AvgIpc) is 3.08. The molecule has 3 rings (SSSR count). The molecular formula is C18H12F6N4O. The number of nitrogens with zero attached hydrogens (tertiary/aromatic N) is 3. The van der Waals surface area contributed by atoms with Gasteiger partial charge < -0.3 is 5.32 Å². The Balaban J connectivity index is 1.88. The van der Waals surface area contributed by atoms with E-state index in [0.717, 1.165) is 28.9 Å². The van der Waals surface area contributed by atoms with Crippen LogP contribution in [0.25, 0.3) is 5.82 Å². The maximum Gasteiger partial charge on any atom is 0.433 e. The van der Waals surface area contributed by atoms with E-state index in [2.05, 4.69) is 15.4 Å². The number of carbonyl (C=O) groups excluding carboxylic acids is 1. The van der Waals surface area contributed by atoms with Gasteiger partial charge in [0.15, 0.2) is 11.6 Å². The Labute approximate surface area is 160 Å². The lowest BCUT2D eigenvalue weighted by Gasteiger charge is -2.12. The first-order chi connectivity index (χ1) is 13.5. The van der Waals surface area contributed by atoms with Crippen LogP contribution in [0.4, 0.5) is 32.2 Å². The highest BCUT2D eigenvalue weighted by atomic mass is 19.4. The van der Waals surface area contributed by atoms with E-state index in [9.17, 15) is 31.1 Å². The second-order valence-electron chi connectivity index (χ2n) is 5.98. The van der Waals surface area contributed by atoms with Crippen LogP contribution < -0.4 is 5.32 Å². The fourth-order valence-electron chi connectivity index (χ4n) is 2.53. The third kappa shape index (κ3) is 4.39. The Kier molecular flexibility index (Phi) is 5.07. The Hall–Kier alpha value is -3.37. The number of rotatable bonds is 3. The van der Waals surface area contributed by atoms with Crippen molar-refractivity contribution in [2.75, 3.05) is 5.32 Å². The fraction of sp³-hybridized carbons (Fsp3) is 0.167. The summed E-state index contributed by atoms with van der Waals surface area (Å²) in [6.45, 7) is 1.52. The third-order valence-corrected chi connectivity index (χ3v) is 3.89. The first-order valence-corrected chi connectivity index (χ1v) is 8.05. The van der Waals surface area contributed by atoms with Gasteiger partial charge in [0.05, 0.1) is 11.1 Å². The van der Waals surface area contributed by atoms with Gasteiger partial charge in [-0.15, -0.1) is 5.10 Å². The molecule has 5 nitrogen and oxygen atoms in total. The molecule has 2 heterocycles. The smallest absolute Gasteiger partial charge is 0.305 e. The van der Waals surface area contributed by atoms with E-state index in [4.69, 9.17) is 0 Å². The van der Waals surface area contributed by atoms with Gasteiger partial charge in [0.2, 0.25) is 0 Å². The molecule has 0 aliphatic carbocycles. The molecule has 0 radical (unpaired) electrons. The number of amides is 1. The van der Waals surface area contributed by atoms with Gasteiger partial charge in [-0.3, -0.25) is 4.79 Å². The summed E-state index contributed by atoms with van der Waals surface area (Å²) in [7, 11) is 0. The standard InChI is InChI=1S/C18H12F6N4O/c1-10-6-7-13(18(22,23)24)25-15(10)28-9-8-14(27-28)26-16(29)11-4-2-3-5-12(11)17(19,20)21/h2-9H,1H3,(H,26,27,29). The number of carbonyl (C=O) groups is 1. The summed E-state index contributed by atoms with van der Waals surface area (Å²) in [5.74, 6) is -1.33. The van der Waals surface area contributed by atoms with Crippen LogP contribution in [0.3, 0.4) is 0 Å². The van der Waals surface area contributed by atoms with Crippen molar-refractivity contribution in [1.29, 1.82) is 0 Å². The minimum atomic E-state index is -4.73. The Bertz CT molecular complexity index is 1050. The van der Waals surface area contributed by atoms with Crippen molar-refractivity contribution in [3.8, 4) is 5.82 Å². The Morgan fingerprint density at radius 1 is 0.966 bits per heavy atom. The zero-order chi connectivity index (χ0) is 21.4. The first kappa shape index (κ1) is 20.4. The maximum absolute atomic E-state index is 13.1. The summed E-state index contributed by atoms with van der Waals surface area (Å²) < 4.78 is 78.8. The van der Waals surface area contributed by atoms with Gasteiger partial charge >= 0.3 is 12.4 Å². The molecule has 0 spiro atoms. The monoisotopic (exact) mass is 414 g/mol. The zero-order valence-corrected chi connectivity index (χ0v) is 14.6. The van der Waals surface area contributed by atoms with E-state index < -0.39 is 35.1 Å². The van der Waals surface area contributed by atoms with Crippen LogP contribution >= 0.6 is 0 Å². The highest BCUT2D eigenvalue weighted by Crippen LogP contribution is 2.32. The number of hydrogen-bond donors (Lipinski definition) is 1. The average molecular weight is 414 g/mol. The number of alkyl halides is 6. The van der Waals surface area contributed by atoms with Crippen LogP contribution in [-0.4, -0.2) is 20.7 Å². The largest absolute Gasteiger partial charge is 0.433 e. The van der Waals surface area contributed by atoms with Crippen LogP contribution in [0, 0.1) is 6.92 Å². The lowest BCUT2D eigenvalue weighted by molar-refractivity contribution is -0.141. The van der Waals surface area contributed by atoms with E-state index in [-0.39, 0.29) is 11.6 Å². The van der Waals surface area contributed by atoms with E-state index in [0.29, 0.717) is 5.56 Å². The van der Waals surface area contributed by atoms with Gasteiger partial charge in [-0.25, -0.2) is 9.67 Å². The molecule has 0 aliphatic heterocycles. The molecule has 0 unspecified atom stereocenters. The van der Waals surface area contributed by atoms with E-state index in [1.807, 2.05) is 0 Å². The van der Waals surface area contributed by atoms with E-state index in [1.54, 1.807) is 0 Å². The molecule has 0 aliphatic rings. The van der Waals surface area contributed by atoms with Gasteiger partial charge in [0, 0.05) is 12.3 Å². The van der Waals surface area contributed by atoms with Crippen LogP contribution in [0.1, 0.15) is 27.2 Å². The number of nitrogens with one attached hydrogen (secondary N) is 1. The Morgan fingerprint density at radius 3 is 2.31 bits per heavy atom. The van der Waals surface area contributed by atoms with Crippen molar-refractivity contribution in [1.82, 2.24) is 14.8 Å². The molecule has 0 bridgehead atoms. The molecule has 152 valence electrons. The van der Waals surface area contributed by atoms with Gasteiger partial charge in [-0.1, -0.05) is 18.2 Å². The molecule has 3 aromatic rings. The van der Waals surface area contributed by atoms with Gasteiger partial charge in [0.25, 0.3) is 5.91 Å². The lowest BCUT2D eigenvalue weighted by atomic mass is 10.1. The summed E-state index contributed by atoms with van der Waals surface area (Å²) in [6.07, 6.45) is -8.15. The second kappa shape index (κ2) is 7.22. The topological polar surface area (TPSA) is 59.8 Å². The van der Waals surface area contributed by atoms with Crippen molar-refractivity contribution in [3.05, 3.63) is 71.0 Å². The highest BCUT2D eigenvalue weighted by Gasteiger charge is 2.35. The number of aryl methyl sites for hydroxylation is 1. The van der Waals surface area contributed by atoms with Crippen LogP contribution in [0.15, 0.2) is 48.7 Å². The number of hydrogen-bond acceptors (Lipinski definition) is 3. The number of halogens is 6. The lowest BCUT2D eigenvalue weighted by Crippen LogP contribution is -2.19. The molecule has 0 fully saturated rings. The summed E-state index contributed by atoms with van der Waals surface area (Å²) in [6, 6.07) is 7.46. The summed E-state index contributed by atoms with van der Waals surface area (Å²) in [4.78, 5) is 15.8. The highest BCUT2D eigenvalue weighted by molar-refractivity contribution is 6.04. The van der Waals surface area contributed by atoms with Crippen molar-refractivity contribution >= 4 is 11.7 Å². The fourth-order valence-corrected chi connectivity index (χ4v) is 2.53. The Morgan fingerprint density at radius 2 is 1.66 bits per heavy atom. The molecule has 0 atom stereocenters. The molecular weight excluding hydrogens is 402 g/mol. The number of benzene rings is 1. The van der Waals surface area contributed by atoms with Crippen LogP contribution in [0.5, 0.6) is 0 Å². The van der Waals surface area contributed by atoms with Crippen molar-refractivity contribution in [3.63, 3.8) is 0 Å². The predicted octanol–water partition coefficient (Wildman–Crippen LogP) is 4.87. The minimum absolute atomic E-state index is 0.129. The molecule has 0 saturated heterocycles. The molecule has 2 aromatic heterocycles. The molecule has 1 N–H and O–H groups in total. The quantitative estimate of drug-likeness (QED) is 0.623. The number of anilines is 1. The summed E-state index contributed by atoms with van der Waals surface area (Å²) >= 11 is 0. The predicted molar refractivity (Wildman–Crippen MR) is 90.5 cm³/mol. The minimum Gasteiger partial charge on any atom is -0.305 e. The van der Waals surface area contributed by atoms with Gasteiger partial charge in [-0.05, 0) is 30.7 Å². The van der Waals surface area contributed by atoms with Crippen LogP contribution in [-0.2, 0) is 12.4 Å². The summed E-state index contributed by atoms with van der Waals surface area (Å²) in [5, 5.41) is 6.10. The molecule has 29 heavy (non-hydrogen) atoms. The maximum atomic E-state index is 13.1. The normalized spacial score (nSPS) is 12.1. The number of pyridine rings is 1. The first-order valence-electron chi connectivity index (χ1n) is 8.05. The summed E-state index contributed by atoms with van der Waals surface area (Å²) in [5.41, 5.74) is -2.48. The van der Waals surface area contributed by atoms with E-state index >= 15 is 0 Å². The number of aromatic nitrogens is 3. The van der Waals surface area contributed by atoms with Gasteiger partial charge in [0.1, 0.15) is 5.69 Å². The third-order valence-electron chi connectivity index (χ3n) is 3.89. The van der Waals surface area contributed by atoms with Crippen LogP contribution in [0.2, 0.25) is 0 Å². The second-order valence-corrected chi connectivity index (χ2v) is 5.98.